The van der Waals surface area contributed by atoms with Crippen molar-refractivity contribution >= 4 is 0 Å². The molecule has 1 aliphatic rings. The van der Waals surface area contributed by atoms with E-state index in [1.54, 1.807) is 6.07 Å². The second-order valence-corrected chi connectivity index (χ2v) is 9.89. The van der Waals surface area contributed by atoms with Crippen LogP contribution in [0, 0.1) is 46.9 Å². The van der Waals surface area contributed by atoms with Gasteiger partial charge in [-0.1, -0.05) is 50.7 Å². The SMILES string of the molecule is CCCC1CCC(COc2ccc(-c3ccc(-c4cc(F)c(C#CC(F)(F)F)c(F)c4)c(F)c3)c(F)c2)CC1. The number of benzene rings is 3. The first-order chi connectivity index (χ1) is 18.5. The average molecular weight is 549 g/mol. The van der Waals surface area contributed by atoms with Crippen molar-refractivity contribution in [2.24, 2.45) is 11.8 Å². The Labute approximate surface area is 223 Å². The maximum atomic E-state index is 14.9. The van der Waals surface area contributed by atoms with E-state index >= 15 is 0 Å². The number of rotatable bonds is 7. The van der Waals surface area contributed by atoms with Gasteiger partial charge in [0.15, 0.2) is 0 Å². The van der Waals surface area contributed by atoms with Crippen molar-refractivity contribution in [2.75, 3.05) is 6.61 Å². The lowest BCUT2D eigenvalue weighted by atomic mass is 9.80. The highest BCUT2D eigenvalue weighted by molar-refractivity contribution is 5.72. The van der Waals surface area contributed by atoms with Crippen molar-refractivity contribution in [3.8, 4) is 39.8 Å². The van der Waals surface area contributed by atoms with Crippen LogP contribution in [-0.4, -0.2) is 12.8 Å². The minimum atomic E-state index is -4.92. The number of hydrogen-bond donors (Lipinski definition) is 0. The molecule has 0 atom stereocenters. The molecule has 0 radical (unpaired) electrons. The number of halogens is 7. The summed E-state index contributed by atoms with van der Waals surface area (Å²) >= 11 is 0. The molecule has 3 aromatic rings. The Morgan fingerprint density at radius 2 is 1.31 bits per heavy atom. The first-order valence-corrected chi connectivity index (χ1v) is 12.9. The quantitative estimate of drug-likeness (QED) is 0.211. The second-order valence-electron chi connectivity index (χ2n) is 9.89. The summed E-state index contributed by atoms with van der Waals surface area (Å²) in [6.07, 6.45) is 2.08. The third-order valence-electron chi connectivity index (χ3n) is 7.05. The van der Waals surface area contributed by atoms with E-state index in [0.29, 0.717) is 30.4 Å². The Balaban J connectivity index is 1.46. The highest BCUT2D eigenvalue weighted by Crippen LogP contribution is 2.34. The summed E-state index contributed by atoms with van der Waals surface area (Å²) in [7, 11) is 0. The van der Waals surface area contributed by atoms with Gasteiger partial charge >= 0.3 is 6.18 Å². The van der Waals surface area contributed by atoms with Crippen LogP contribution in [0.1, 0.15) is 51.0 Å². The van der Waals surface area contributed by atoms with Crippen LogP contribution in [0.15, 0.2) is 48.5 Å². The topological polar surface area (TPSA) is 9.23 Å². The molecule has 1 fully saturated rings. The molecule has 0 spiro atoms. The molecule has 0 aliphatic heterocycles. The van der Waals surface area contributed by atoms with Gasteiger partial charge in [-0.3, -0.25) is 0 Å². The van der Waals surface area contributed by atoms with E-state index in [4.69, 9.17) is 4.74 Å². The lowest BCUT2D eigenvalue weighted by Crippen LogP contribution is -2.20. The van der Waals surface area contributed by atoms with Gasteiger partial charge in [-0.15, -0.1) is 0 Å². The third-order valence-corrected chi connectivity index (χ3v) is 7.05. The molecule has 0 bridgehead atoms. The van der Waals surface area contributed by atoms with Gasteiger partial charge in [0.1, 0.15) is 29.0 Å². The Bertz CT molecular complexity index is 1350. The Morgan fingerprint density at radius 3 is 1.90 bits per heavy atom. The van der Waals surface area contributed by atoms with Gasteiger partial charge in [0.2, 0.25) is 0 Å². The first kappa shape index (κ1) is 28.5. The predicted octanol–water partition coefficient (Wildman–Crippen LogP) is 9.48. The summed E-state index contributed by atoms with van der Waals surface area (Å²) < 4.78 is 101. The van der Waals surface area contributed by atoms with E-state index in [2.05, 4.69) is 6.92 Å². The normalized spacial score (nSPS) is 17.4. The van der Waals surface area contributed by atoms with Crippen LogP contribution in [0.2, 0.25) is 0 Å². The fourth-order valence-electron chi connectivity index (χ4n) is 5.03. The second kappa shape index (κ2) is 12.1. The molecule has 3 aromatic carbocycles. The van der Waals surface area contributed by atoms with Crippen LogP contribution in [0.25, 0.3) is 22.3 Å². The summed E-state index contributed by atoms with van der Waals surface area (Å²) in [5.74, 6) is -0.406. The zero-order chi connectivity index (χ0) is 28.2. The van der Waals surface area contributed by atoms with E-state index in [1.165, 1.54) is 55.9 Å². The summed E-state index contributed by atoms with van der Waals surface area (Å²) in [4.78, 5) is 0. The molecule has 4 rings (SSSR count). The fraction of sp³-hybridized carbons (Fsp3) is 0.355. The molecule has 0 unspecified atom stereocenters. The molecule has 0 saturated heterocycles. The van der Waals surface area contributed by atoms with Gasteiger partial charge in [0, 0.05) is 23.1 Å². The van der Waals surface area contributed by atoms with Crippen LogP contribution < -0.4 is 4.74 Å². The van der Waals surface area contributed by atoms with Crippen LogP contribution in [0.5, 0.6) is 5.75 Å². The van der Waals surface area contributed by atoms with Crippen molar-refractivity contribution < 1.29 is 35.5 Å². The molecule has 1 saturated carbocycles. The third kappa shape index (κ3) is 7.35. The lowest BCUT2D eigenvalue weighted by Gasteiger charge is -2.28. The molecule has 1 nitrogen and oxygen atoms in total. The minimum absolute atomic E-state index is 0.114. The molecule has 39 heavy (non-hydrogen) atoms. The Hall–Kier alpha value is -3.47. The maximum Gasteiger partial charge on any atom is 0.458 e. The van der Waals surface area contributed by atoms with Crippen LogP contribution >= 0.6 is 0 Å². The highest BCUT2D eigenvalue weighted by atomic mass is 19.4. The fourth-order valence-corrected chi connectivity index (χ4v) is 5.03. The van der Waals surface area contributed by atoms with Crippen molar-refractivity contribution in [1.82, 2.24) is 0 Å². The van der Waals surface area contributed by atoms with Crippen molar-refractivity contribution in [1.29, 1.82) is 0 Å². The van der Waals surface area contributed by atoms with Crippen LogP contribution in [0.3, 0.4) is 0 Å². The number of alkyl halides is 3. The Kier molecular flexibility index (Phi) is 8.89. The van der Waals surface area contributed by atoms with Crippen LogP contribution in [-0.2, 0) is 0 Å². The largest absolute Gasteiger partial charge is 0.493 e. The summed E-state index contributed by atoms with van der Waals surface area (Å²) in [6, 6.07) is 9.36. The Morgan fingerprint density at radius 1 is 0.744 bits per heavy atom. The predicted molar refractivity (Wildman–Crippen MR) is 136 cm³/mol. The average Bonchev–Trinajstić information content (AvgIpc) is 2.87. The van der Waals surface area contributed by atoms with Crippen LogP contribution in [0.4, 0.5) is 30.7 Å². The lowest BCUT2D eigenvalue weighted by molar-refractivity contribution is -0.0696. The zero-order valence-corrected chi connectivity index (χ0v) is 21.3. The number of hydrogen-bond acceptors (Lipinski definition) is 1. The molecule has 1 aliphatic carbocycles. The molecule has 8 heteroatoms. The standard InChI is InChI=1S/C31H27F7O/c1-2-3-19-4-6-20(7-5-19)18-39-23-9-11-24(30(35)17-23)21-8-10-25(27(32)14-21)22-15-28(33)26(29(34)16-22)12-13-31(36,37)38/h8-11,14-17,19-20H,2-7,18H2,1H3. The molecule has 0 amide bonds. The monoisotopic (exact) mass is 548 g/mol. The smallest absolute Gasteiger partial charge is 0.458 e. The van der Waals surface area contributed by atoms with Crippen molar-refractivity contribution in [2.45, 2.75) is 51.6 Å². The first-order valence-electron chi connectivity index (χ1n) is 12.9. The van der Waals surface area contributed by atoms with E-state index in [9.17, 15) is 30.7 Å². The van der Waals surface area contributed by atoms with E-state index in [1.807, 2.05) is 0 Å². The number of ether oxygens (including phenoxy) is 1. The summed E-state index contributed by atoms with van der Waals surface area (Å²) in [5.41, 5.74) is -1.20. The van der Waals surface area contributed by atoms with Gasteiger partial charge in [0.25, 0.3) is 0 Å². The highest BCUT2D eigenvalue weighted by Gasteiger charge is 2.24. The minimum Gasteiger partial charge on any atom is -0.493 e. The van der Waals surface area contributed by atoms with Gasteiger partial charge in [-0.2, -0.15) is 13.2 Å². The maximum absolute atomic E-state index is 14.9. The van der Waals surface area contributed by atoms with Gasteiger partial charge in [0.05, 0.1) is 12.2 Å². The molecule has 0 heterocycles. The molecule has 0 aromatic heterocycles. The molecule has 0 N–H and O–H groups in total. The van der Waals surface area contributed by atoms with Crippen molar-refractivity contribution in [3.63, 3.8) is 0 Å². The van der Waals surface area contributed by atoms with Gasteiger partial charge in [-0.05, 0) is 66.1 Å². The van der Waals surface area contributed by atoms with E-state index < -0.39 is 35.0 Å². The zero-order valence-electron chi connectivity index (χ0n) is 21.3. The van der Waals surface area contributed by atoms with Gasteiger partial charge in [-0.25, -0.2) is 17.6 Å². The summed E-state index contributed by atoms with van der Waals surface area (Å²) in [5, 5.41) is 0. The molecular formula is C31H27F7O. The van der Waals surface area contributed by atoms with Gasteiger partial charge < -0.3 is 4.74 Å². The molecular weight excluding hydrogens is 521 g/mol. The van der Waals surface area contributed by atoms with Crippen molar-refractivity contribution in [3.05, 3.63) is 77.4 Å². The van der Waals surface area contributed by atoms with E-state index in [0.717, 1.165) is 30.7 Å². The van der Waals surface area contributed by atoms with E-state index in [-0.39, 0.29) is 22.3 Å². The molecule has 206 valence electrons. The summed E-state index contributed by atoms with van der Waals surface area (Å²) in [6.45, 7) is 2.70.